The molecular weight excluding hydrogens is 816 g/mol. The molecule has 0 aromatic heterocycles. The summed E-state index contributed by atoms with van der Waals surface area (Å²) in [5.74, 6) is -0.147. The summed E-state index contributed by atoms with van der Waals surface area (Å²) in [6, 6.07) is -0.762. The molecule has 9 heteroatoms. The number of phosphoric acid groups is 1. The summed E-state index contributed by atoms with van der Waals surface area (Å²) in [5.41, 5.74) is 0. The van der Waals surface area contributed by atoms with Crippen LogP contribution in [-0.2, 0) is 18.4 Å². The van der Waals surface area contributed by atoms with Crippen LogP contribution in [0.2, 0.25) is 0 Å². The summed E-state index contributed by atoms with van der Waals surface area (Å²) >= 11 is 0. The number of carbonyl (C=O) groups excluding carboxylic acids is 1. The minimum Gasteiger partial charge on any atom is -0.391 e. The summed E-state index contributed by atoms with van der Waals surface area (Å²) in [5, 5.41) is 14.0. The number of quaternary nitrogens is 1. The van der Waals surface area contributed by atoms with Gasteiger partial charge in [0.15, 0.2) is 0 Å². The van der Waals surface area contributed by atoms with Crippen molar-refractivity contribution in [3.8, 4) is 0 Å². The minimum atomic E-state index is -4.32. The summed E-state index contributed by atoms with van der Waals surface area (Å²) < 4.78 is 23.7. The highest BCUT2D eigenvalue weighted by molar-refractivity contribution is 7.47. The number of aliphatic hydroxyl groups is 1. The van der Waals surface area contributed by atoms with E-state index in [1.807, 2.05) is 21.1 Å². The lowest BCUT2D eigenvalue weighted by atomic mass is 10.0. The average Bonchev–Trinajstić information content (AvgIpc) is 3.25. The SMILES string of the molecule is CC/C=C\C/C=C\C/C=C\C/C=C\C/C=C\CCCCCCCCCCCCCCCC(=O)NC(COP(=O)(O)OCC[N+](C)(C)C)C(O)CCCCCCCCCCCCCCC. The quantitative estimate of drug-likeness (QED) is 0.0243. The lowest BCUT2D eigenvalue weighted by molar-refractivity contribution is -0.870. The van der Waals surface area contributed by atoms with Gasteiger partial charge in [0, 0.05) is 6.42 Å². The highest BCUT2D eigenvalue weighted by Crippen LogP contribution is 2.43. The molecule has 0 saturated carbocycles. The first-order valence-electron chi connectivity index (χ1n) is 26.7. The molecule has 0 radical (unpaired) electrons. The van der Waals surface area contributed by atoms with Crippen LogP contribution in [0.5, 0.6) is 0 Å². The van der Waals surface area contributed by atoms with Crippen LogP contribution in [0.25, 0.3) is 0 Å². The number of phosphoric ester groups is 1. The van der Waals surface area contributed by atoms with E-state index >= 15 is 0 Å². The molecule has 0 aliphatic carbocycles. The van der Waals surface area contributed by atoms with Crippen LogP contribution in [0.3, 0.4) is 0 Å². The van der Waals surface area contributed by atoms with Gasteiger partial charge in [-0.05, 0) is 57.8 Å². The van der Waals surface area contributed by atoms with Gasteiger partial charge in [-0.3, -0.25) is 13.8 Å². The van der Waals surface area contributed by atoms with Gasteiger partial charge < -0.3 is 19.8 Å². The first-order chi connectivity index (χ1) is 31.0. The minimum absolute atomic E-state index is 0.0731. The Bertz CT molecular complexity index is 1230. The van der Waals surface area contributed by atoms with E-state index in [0.717, 1.165) is 70.6 Å². The number of unbranched alkanes of at least 4 members (excludes halogenated alkanes) is 25. The summed E-state index contributed by atoms with van der Waals surface area (Å²) in [6.07, 6.45) is 61.2. The molecule has 0 rings (SSSR count). The number of hydrogen-bond donors (Lipinski definition) is 3. The number of nitrogens with one attached hydrogen (secondary N) is 1. The molecule has 0 bridgehead atoms. The largest absolute Gasteiger partial charge is 0.472 e. The molecule has 3 unspecified atom stereocenters. The highest BCUT2D eigenvalue weighted by atomic mass is 31.2. The standard InChI is InChI=1S/C55H103N2O6P/c1-6-8-10-12-14-16-18-20-21-22-23-24-25-26-27-28-29-30-31-32-33-34-35-37-39-41-43-45-47-49-55(59)56-53(52-63-64(60,61)62-51-50-57(3,4)5)54(58)48-46-44-42-40-38-36-19-17-15-13-11-9-7-2/h8,10,14,16,20-21,23-24,26-27,53-54,58H,6-7,9,11-13,15,17-19,22,25,28-52H2,1-5H3,(H-,56,59,60,61)/p+1/b10-8-,16-14-,21-20-,24-23-,27-26-. The molecular formula is C55H104N2O6P+. The van der Waals surface area contributed by atoms with Gasteiger partial charge in [-0.2, -0.15) is 0 Å². The van der Waals surface area contributed by atoms with Gasteiger partial charge in [-0.25, -0.2) is 4.57 Å². The van der Waals surface area contributed by atoms with Gasteiger partial charge >= 0.3 is 7.82 Å². The molecule has 64 heavy (non-hydrogen) atoms. The van der Waals surface area contributed by atoms with E-state index < -0.39 is 20.0 Å². The van der Waals surface area contributed by atoms with Crippen LogP contribution >= 0.6 is 7.82 Å². The van der Waals surface area contributed by atoms with Crippen LogP contribution < -0.4 is 5.32 Å². The van der Waals surface area contributed by atoms with E-state index in [4.69, 9.17) is 9.05 Å². The van der Waals surface area contributed by atoms with Crippen molar-refractivity contribution in [2.24, 2.45) is 0 Å². The van der Waals surface area contributed by atoms with Crippen molar-refractivity contribution in [2.45, 2.75) is 244 Å². The lowest BCUT2D eigenvalue weighted by Crippen LogP contribution is -2.46. The van der Waals surface area contributed by atoms with Crippen LogP contribution in [0, 0.1) is 0 Å². The zero-order valence-corrected chi connectivity index (χ0v) is 43.4. The fourth-order valence-corrected chi connectivity index (χ4v) is 8.34. The Balaban J connectivity index is 4.12. The normalized spacial score (nSPS) is 14.5. The van der Waals surface area contributed by atoms with Crippen molar-refractivity contribution in [1.82, 2.24) is 5.32 Å². The smallest absolute Gasteiger partial charge is 0.391 e. The Hall–Kier alpha value is -1.80. The number of carbonyl (C=O) groups is 1. The van der Waals surface area contributed by atoms with E-state index in [1.165, 1.54) is 135 Å². The van der Waals surface area contributed by atoms with Gasteiger partial charge in [0.2, 0.25) is 5.91 Å². The van der Waals surface area contributed by atoms with Crippen molar-refractivity contribution in [1.29, 1.82) is 0 Å². The van der Waals surface area contributed by atoms with Crippen LogP contribution in [-0.4, -0.2) is 73.4 Å². The zero-order chi connectivity index (χ0) is 47.1. The van der Waals surface area contributed by atoms with Gasteiger partial charge in [0.05, 0.1) is 39.9 Å². The van der Waals surface area contributed by atoms with Gasteiger partial charge in [-0.1, -0.05) is 229 Å². The number of allylic oxidation sites excluding steroid dienone is 10. The molecule has 0 spiro atoms. The second-order valence-corrected chi connectivity index (χ2v) is 20.7. The van der Waals surface area contributed by atoms with Crippen molar-refractivity contribution in [3.05, 3.63) is 60.8 Å². The maximum atomic E-state index is 13.0. The van der Waals surface area contributed by atoms with Gasteiger partial charge in [-0.15, -0.1) is 0 Å². The molecule has 0 aliphatic rings. The fraction of sp³-hybridized carbons (Fsp3) is 0.800. The Labute approximate surface area is 396 Å². The van der Waals surface area contributed by atoms with E-state index in [-0.39, 0.29) is 19.1 Å². The first kappa shape index (κ1) is 62.2. The van der Waals surface area contributed by atoms with Crippen molar-refractivity contribution in [3.63, 3.8) is 0 Å². The highest BCUT2D eigenvalue weighted by Gasteiger charge is 2.28. The molecule has 3 N–H and O–H groups in total. The molecule has 0 fully saturated rings. The lowest BCUT2D eigenvalue weighted by Gasteiger charge is -2.26. The number of aliphatic hydroxyl groups excluding tert-OH is 1. The van der Waals surface area contributed by atoms with E-state index in [9.17, 15) is 19.4 Å². The third kappa shape index (κ3) is 48.1. The van der Waals surface area contributed by atoms with Gasteiger partial charge in [0.25, 0.3) is 0 Å². The Morgan fingerprint density at radius 2 is 0.938 bits per heavy atom. The second kappa shape index (κ2) is 46.3. The average molecular weight is 920 g/mol. The summed E-state index contributed by atoms with van der Waals surface area (Å²) in [4.78, 5) is 23.3. The second-order valence-electron chi connectivity index (χ2n) is 19.2. The van der Waals surface area contributed by atoms with Crippen LogP contribution in [0.1, 0.15) is 232 Å². The van der Waals surface area contributed by atoms with Crippen molar-refractivity contribution in [2.75, 3.05) is 40.9 Å². The number of hydrogen-bond acceptors (Lipinski definition) is 5. The number of nitrogens with zero attached hydrogens (tertiary/aromatic N) is 1. The van der Waals surface area contributed by atoms with Crippen LogP contribution in [0.4, 0.5) is 0 Å². The van der Waals surface area contributed by atoms with Crippen molar-refractivity contribution >= 4 is 13.7 Å². The predicted molar refractivity (Wildman–Crippen MR) is 277 cm³/mol. The monoisotopic (exact) mass is 920 g/mol. The molecule has 0 aromatic rings. The van der Waals surface area contributed by atoms with Gasteiger partial charge in [0.1, 0.15) is 13.2 Å². The number of rotatable bonds is 48. The molecule has 0 heterocycles. The van der Waals surface area contributed by atoms with Crippen LogP contribution in [0.15, 0.2) is 60.8 Å². The molecule has 374 valence electrons. The Morgan fingerprint density at radius 3 is 1.38 bits per heavy atom. The van der Waals surface area contributed by atoms with E-state index in [0.29, 0.717) is 23.9 Å². The van der Waals surface area contributed by atoms with E-state index in [1.54, 1.807) is 0 Å². The maximum Gasteiger partial charge on any atom is 0.472 e. The molecule has 0 aliphatic heterocycles. The van der Waals surface area contributed by atoms with E-state index in [2.05, 4.69) is 79.9 Å². The molecule has 0 saturated heterocycles. The molecule has 8 nitrogen and oxygen atoms in total. The predicted octanol–water partition coefficient (Wildman–Crippen LogP) is 15.8. The Kier molecular flexibility index (Phi) is 45.0. The third-order valence-electron chi connectivity index (χ3n) is 11.8. The van der Waals surface area contributed by atoms with Crippen molar-refractivity contribution < 1.29 is 32.9 Å². The molecule has 1 amide bonds. The number of amides is 1. The third-order valence-corrected chi connectivity index (χ3v) is 12.8. The Morgan fingerprint density at radius 1 is 0.547 bits per heavy atom. The topological polar surface area (TPSA) is 105 Å². The molecule has 0 aromatic carbocycles. The maximum absolute atomic E-state index is 13.0. The summed E-state index contributed by atoms with van der Waals surface area (Å²) in [6.45, 7) is 4.78. The zero-order valence-electron chi connectivity index (χ0n) is 42.5. The number of likely N-dealkylation sites (N-methyl/N-ethyl adjacent to an activating group) is 1. The first-order valence-corrected chi connectivity index (χ1v) is 28.1. The fourth-order valence-electron chi connectivity index (χ4n) is 7.60. The molecule has 3 atom stereocenters. The summed E-state index contributed by atoms with van der Waals surface area (Å²) in [7, 11) is 1.61.